The summed E-state index contributed by atoms with van der Waals surface area (Å²) in [6.45, 7) is 4.78. The highest BCUT2D eigenvalue weighted by molar-refractivity contribution is 7.09. The summed E-state index contributed by atoms with van der Waals surface area (Å²) in [6.07, 6.45) is 2.02. The zero-order valence-electron chi connectivity index (χ0n) is 9.35. The van der Waals surface area contributed by atoms with Crippen molar-refractivity contribution in [2.45, 2.75) is 25.2 Å². The minimum Gasteiger partial charge on any atom is -0.347 e. The second-order valence-electron chi connectivity index (χ2n) is 4.46. The molecule has 16 heavy (non-hydrogen) atoms. The van der Waals surface area contributed by atoms with Crippen molar-refractivity contribution in [1.82, 2.24) is 4.90 Å². The number of thiophene rings is 1. The molecule has 2 saturated heterocycles. The van der Waals surface area contributed by atoms with Crippen molar-refractivity contribution in [3.8, 4) is 0 Å². The van der Waals surface area contributed by atoms with Crippen LogP contribution in [0.2, 0.25) is 0 Å². The van der Waals surface area contributed by atoms with Crippen molar-refractivity contribution in [2.24, 2.45) is 0 Å². The topological polar surface area (TPSA) is 21.7 Å². The molecule has 88 valence electrons. The van der Waals surface area contributed by atoms with E-state index in [2.05, 4.69) is 22.4 Å². The molecule has 3 rings (SSSR count). The van der Waals surface area contributed by atoms with Crippen molar-refractivity contribution in [3.63, 3.8) is 0 Å². The molecule has 0 saturated carbocycles. The monoisotopic (exact) mass is 239 g/mol. The molecule has 0 aromatic carbocycles. The van der Waals surface area contributed by atoms with Crippen LogP contribution in [-0.2, 0) is 16.0 Å². The van der Waals surface area contributed by atoms with Crippen LogP contribution in [0.25, 0.3) is 0 Å². The third-order valence-corrected chi connectivity index (χ3v) is 4.25. The Morgan fingerprint density at radius 2 is 2.00 bits per heavy atom. The normalized spacial score (nSPS) is 25.2. The predicted octanol–water partition coefficient (Wildman–Crippen LogP) is 2.09. The highest BCUT2D eigenvalue weighted by Gasteiger charge is 2.39. The van der Waals surface area contributed by atoms with E-state index >= 15 is 0 Å². The van der Waals surface area contributed by atoms with Crippen molar-refractivity contribution in [1.29, 1.82) is 0 Å². The lowest BCUT2D eigenvalue weighted by Gasteiger charge is -2.37. The van der Waals surface area contributed by atoms with Crippen LogP contribution < -0.4 is 0 Å². The summed E-state index contributed by atoms with van der Waals surface area (Å²) in [5, 5.41) is 2.14. The van der Waals surface area contributed by atoms with Crippen LogP contribution in [0, 0.1) is 0 Å². The Bertz CT molecular complexity index is 323. The summed E-state index contributed by atoms with van der Waals surface area (Å²) in [5.41, 5.74) is 0. The highest BCUT2D eigenvalue weighted by atomic mass is 32.1. The van der Waals surface area contributed by atoms with E-state index in [-0.39, 0.29) is 5.79 Å². The third kappa shape index (κ3) is 2.15. The second kappa shape index (κ2) is 4.45. The average molecular weight is 239 g/mol. The number of hydrogen-bond acceptors (Lipinski definition) is 4. The Labute approximate surface area is 100.0 Å². The van der Waals surface area contributed by atoms with Crippen molar-refractivity contribution in [3.05, 3.63) is 22.4 Å². The zero-order valence-corrected chi connectivity index (χ0v) is 10.2. The van der Waals surface area contributed by atoms with E-state index in [0.717, 1.165) is 45.7 Å². The number of rotatable bonds is 2. The first kappa shape index (κ1) is 10.7. The molecule has 3 nitrogen and oxygen atoms in total. The fourth-order valence-corrected chi connectivity index (χ4v) is 3.21. The van der Waals surface area contributed by atoms with Gasteiger partial charge in [0.1, 0.15) is 0 Å². The van der Waals surface area contributed by atoms with Crippen molar-refractivity contribution in [2.75, 3.05) is 26.3 Å². The summed E-state index contributed by atoms with van der Waals surface area (Å²) in [5.74, 6) is -0.230. The maximum absolute atomic E-state index is 5.72. The lowest BCUT2D eigenvalue weighted by Crippen LogP contribution is -2.44. The molecule has 2 aliphatic heterocycles. The van der Waals surface area contributed by atoms with Gasteiger partial charge < -0.3 is 9.47 Å². The van der Waals surface area contributed by atoms with Gasteiger partial charge in [0.25, 0.3) is 0 Å². The van der Waals surface area contributed by atoms with Crippen molar-refractivity contribution < 1.29 is 9.47 Å². The van der Waals surface area contributed by atoms with Crippen LogP contribution in [0.15, 0.2) is 17.5 Å². The molecule has 0 atom stereocenters. The molecular weight excluding hydrogens is 222 g/mol. The Hall–Kier alpha value is -0.420. The largest absolute Gasteiger partial charge is 0.347 e. The van der Waals surface area contributed by atoms with Crippen LogP contribution in [0.4, 0.5) is 0 Å². The molecular formula is C12H17NO2S. The fraction of sp³-hybridized carbons (Fsp3) is 0.667. The predicted molar refractivity (Wildman–Crippen MR) is 63.5 cm³/mol. The molecule has 0 aliphatic carbocycles. The molecule has 0 N–H and O–H groups in total. The highest BCUT2D eigenvalue weighted by Crippen LogP contribution is 2.31. The van der Waals surface area contributed by atoms with Gasteiger partial charge in [0, 0.05) is 37.4 Å². The van der Waals surface area contributed by atoms with Gasteiger partial charge in [-0.3, -0.25) is 4.90 Å². The van der Waals surface area contributed by atoms with E-state index in [4.69, 9.17) is 9.47 Å². The number of likely N-dealkylation sites (tertiary alicyclic amines) is 1. The number of ether oxygens (including phenoxy) is 2. The minimum atomic E-state index is -0.230. The van der Waals surface area contributed by atoms with Gasteiger partial charge >= 0.3 is 0 Å². The lowest BCUT2D eigenvalue weighted by atomic mass is 10.0. The van der Waals surface area contributed by atoms with E-state index < -0.39 is 0 Å². The lowest BCUT2D eigenvalue weighted by molar-refractivity contribution is -0.185. The van der Waals surface area contributed by atoms with Crippen LogP contribution in [0.1, 0.15) is 17.7 Å². The van der Waals surface area contributed by atoms with Gasteiger partial charge in [-0.2, -0.15) is 0 Å². The third-order valence-electron chi connectivity index (χ3n) is 3.39. The Morgan fingerprint density at radius 3 is 2.62 bits per heavy atom. The molecule has 1 spiro atoms. The van der Waals surface area contributed by atoms with Gasteiger partial charge in [-0.15, -0.1) is 11.3 Å². The van der Waals surface area contributed by atoms with Crippen LogP contribution in [0.3, 0.4) is 0 Å². The quantitative estimate of drug-likeness (QED) is 0.789. The fourth-order valence-electron chi connectivity index (χ4n) is 2.46. The summed E-state index contributed by atoms with van der Waals surface area (Å²) in [7, 11) is 0. The molecule has 0 radical (unpaired) electrons. The summed E-state index contributed by atoms with van der Waals surface area (Å²) in [6, 6.07) is 4.33. The second-order valence-corrected chi connectivity index (χ2v) is 5.50. The van der Waals surface area contributed by atoms with E-state index in [1.54, 1.807) is 0 Å². The van der Waals surface area contributed by atoms with E-state index in [0.29, 0.717) is 0 Å². The van der Waals surface area contributed by atoms with E-state index in [1.807, 2.05) is 11.3 Å². The maximum Gasteiger partial charge on any atom is 0.170 e. The molecule has 3 heterocycles. The smallest absolute Gasteiger partial charge is 0.170 e. The SMILES string of the molecule is c1csc(CN2CCC3(CC2)OCCO3)c1. The van der Waals surface area contributed by atoms with E-state index in [9.17, 15) is 0 Å². The molecule has 2 fully saturated rings. The van der Waals surface area contributed by atoms with Gasteiger partial charge in [0.15, 0.2) is 5.79 Å². The molecule has 1 aromatic heterocycles. The molecule has 2 aliphatic rings. The van der Waals surface area contributed by atoms with E-state index in [1.165, 1.54) is 4.88 Å². The van der Waals surface area contributed by atoms with Crippen molar-refractivity contribution >= 4 is 11.3 Å². The first-order valence-corrected chi connectivity index (χ1v) is 6.77. The number of hydrogen-bond donors (Lipinski definition) is 0. The standard InChI is InChI=1S/C12H17NO2S/c1-2-11(16-9-1)10-13-5-3-12(4-6-13)14-7-8-15-12/h1-2,9H,3-8,10H2. The van der Waals surface area contributed by atoms with Crippen LogP contribution >= 0.6 is 11.3 Å². The summed E-state index contributed by atoms with van der Waals surface area (Å²) in [4.78, 5) is 3.94. The summed E-state index contributed by atoms with van der Waals surface area (Å²) < 4.78 is 11.4. The number of piperidine rings is 1. The maximum atomic E-state index is 5.72. The number of nitrogens with zero attached hydrogens (tertiary/aromatic N) is 1. The molecule has 0 unspecified atom stereocenters. The Morgan fingerprint density at radius 1 is 1.25 bits per heavy atom. The van der Waals surface area contributed by atoms with Crippen LogP contribution in [-0.4, -0.2) is 37.0 Å². The molecule has 4 heteroatoms. The molecule has 0 amide bonds. The average Bonchev–Trinajstić information content (AvgIpc) is 2.94. The Kier molecular flexibility index (Phi) is 2.98. The first-order chi connectivity index (χ1) is 7.86. The van der Waals surface area contributed by atoms with Gasteiger partial charge in [0.2, 0.25) is 0 Å². The first-order valence-electron chi connectivity index (χ1n) is 5.89. The molecule has 0 bridgehead atoms. The van der Waals surface area contributed by atoms with Crippen LogP contribution in [0.5, 0.6) is 0 Å². The van der Waals surface area contributed by atoms with Gasteiger partial charge in [-0.1, -0.05) is 6.07 Å². The zero-order chi connectivity index (χ0) is 10.8. The minimum absolute atomic E-state index is 0.230. The van der Waals surface area contributed by atoms with Gasteiger partial charge in [0.05, 0.1) is 13.2 Å². The summed E-state index contributed by atoms with van der Waals surface area (Å²) >= 11 is 1.84. The van der Waals surface area contributed by atoms with Gasteiger partial charge in [-0.25, -0.2) is 0 Å². The van der Waals surface area contributed by atoms with Gasteiger partial charge in [-0.05, 0) is 11.4 Å². The Balaban J connectivity index is 1.54. The molecule has 1 aromatic rings.